The van der Waals surface area contributed by atoms with Gasteiger partial charge >= 0.3 is 0 Å². The van der Waals surface area contributed by atoms with Crippen LogP contribution in [-0.2, 0) is 16.0 Å². The number of rotatable bonds is 8. The zero-order valence-electron chi connectivity index (χ0n) is 16.9. The van der Waals surface area contributed by atoms with Crippen molar-refractivity contribution in [2.24, 2.45) is 0 Å². The summed E-state index contributed by atoms with van der Waals surface area (Å²) in [7, 11) is 0. The summed E-state index contributed by atoms with van der Waals surface area (Å²) in [6.07, 6.45) is 2.04. The number of carbonyl (C=O) groups excluding carboxylic acids is 2. The highest BCUT2D eigenvalue weighted by atomic mass is 35.5. The van der Waals surface area contributed by atoms with E-state index < -0.39 is 0 Å². The SMILES string of the molecule is O=C(CCCOCCc1ccccc1)N1CCN(C(=O)c2ccc(Cl)cc2Cl)CC1. The van der Waals surface area contributed by atoms with Crippen molar-refractivity contribution in [3.8, 4) is 0 Å². The number of hydrogen-bond acceptors (Lipinski definition) is 3. The van der Waals surface area contributed by atoms with Crippen LogP contribution in [0.15, 0.2) is 48.5 Å². The molecule has 3 rings (SSSR count). The van der Waals surface area contributed by atoms with Crippen LogP contribution >= 0.6 is 23.2 Å². The van der Waals surface area contributed by atoms with Gasteiger partial charge in [0.05, 0.1) is 17.2 Å². The quantitative estimate of drug-likeness (QED) is 0.565. The van der Waals surface area contributed by atoms with Gasteiger partial charge in [-0.25, -0.2) is 0 Å². The number of amides is 2. The molecule has 0 bridgehead atoms. The maximum absolute atomic E-state index is 12.7. The minimum absolute atomic E-state index is 0.110. The Labute approximate surface area is 187 Å². The van der Waals surface area contributed by atoms with Gasteiger partial charge in [-0.1, -0.05) is 53.5 Å². The van der Waals surface area contributed by atoms with E-state index >= 15 is 0 Å². The molecule has 0 unspecified atom stereocenters. The van der Waals surface area contributed by atoms with E-state index in [0.29, 0.717) is 67.8 Å². The van der Waals surface area contributed by atoms with Crippen LogP contribution in [0.5, 0.6) is 0 Å². The summed E-state index contributed by atoms with van der Waals surface area (Å²) >= 11 is 12.0. The maximum atomic E-state index is 12.7. The van der Waals surface area contributed by atoms with Crippen LogP contribution in [0.2, 0.25) is 10.0 Å². The van der Waals surface area contributed by atoms with Gasteiger partial charge in [-0.15, -0.1) is 0 Å². The minimum atomic E-state index is -0.129. The molecule has 2 aromatic carbocycles. The number of nitrogens with zero attached hydrogens (tertiary/aromatic N) is 2. The summed E-state index contributed by atoms with van der Waals surface area (Å²) in [4.78, 5) is 28.6. The van der Waals surface area contributed by atoms with Crippen LogP contribution in [0.4, 0.5) is 0 Å². The van der Waals surface area contributed by atoms with Crippen molar-refractivity contribution in [3.05, 3.63) is 69.7 Å². The first-order valence-electron chi connectivity index (χ1n) is 10.2. The lowest BCUT2D eigenvalue weighted by molar-refractivity contribution is -0.133. The average Bonchev–Trinajstić information content (AvgIpc) is 2.76. The first-order valence-corrected chi connectivity index (χ1v) is 10.9. The van der Waals surface area contributed by atoms with E-state index in [2.05, 4.69) is 12.1 Å². The molecule has 2 amide bonds. The van der Waals surface area contributed by atoms with E-state index in [9.17, 15) is 9.59 Å². The third-order valence-corrected chi connectivity index (χ3v) is 5.69. The molecular formula is C23H26Cl2N2O3. The van der Waals surface area contributed by atoms with Gasteiger partial charge in [0, 0.05) is 44.2 Å². The van der Waals surface area contributed by atoms with Crippen molar-refractivity contribution in [2.75, 3.05) is 39.4 Å². The zero-order valence-corrected chi connectivity index (χ0v) is 18.4. The van der Waals surface area contributed by atoms with E-state index in [1.165, 1.54) is 5.56 Å². The van der Waals surface area contributed by atoms with Crippen LogP contribution in [0.3, 0.4) is 0 Å². The molecule has 7 heteroatoms. The number of benzene rings is 2. The predicted molar refractivity (Wildman–Crippen MR) is 119 cm³/mol. The van der Waals surface area contributed by atoms with Crippen molar-refractivity contribution < 1.29 is 14.3 Å². The molecule has 1 fully saturated rings. The lowest BCUT2D eigenvalue weighted by atomic mass is 10.1. The Morgan fingerprint density at radius 3 is 2.30 bits per heavy atom. The highest BCUT2D eigenvalue weighted by molar-refractivity contribution is 6.36. The molecule has 30 heavy (non-hydrogen) atoms. The van der Waals surface area contributed by atoms with E-state index in [4.69, 9.17) is 27.9 Å². The average molecular weight is 449 g/mol. The van der Waals surface area contributed by atoms with Crippen LogP contribution < -0.4 is 0 Å². The van der Waals surface area contributed by atoms with Gasteiger partial charge in [0.1, 0.15) is 0 Å². The van der Waals surface area contributed by atoms with E-state index in [1.54, 1.807) is 23.1 Å². The molecule has 1 saturated heterocycles. The van der Waals surface area contributed by atoms with Crippen LogP contribution in [0.1, 0.15) is 28.8 Å². The molecule has 0 saturated carbocycles. The van der Waals surface area contributed by atoms with Gasteiger partial charge in [0.25, 0.3) is 5.91 Å². The molecule has 0 aliphatic carbocycles. The zero-order chi connectivity index (χ0) is 21.3. The molecule has 0 N–H and O–H groups in total. The Kier molecular flexibility index (Phi) is 8.55. The monoisotopic (exact) mass is 448 g/mol. The van der Waals surface area contributed by atoms with Gasteiger partial charge in [0.15, 0.2) is 0 Å². The number of piperazine rings is 1. The van der Waals surface area contributed by atoms with Crippen molar-refractivity contribution in [2.45, 2.75) is 19.3 Å². The number of hydrogen-bond donors (Lipinski definition) is 0. The number of halogens is 2. The summed E-state index contributed by atoms with van der Waals surface area (Å²) in [6, 6.07) is 15.1. The maximum Gasteiger partial charge on any atom is 0.255 e. The molecule has 0 atom stereocenters. The van der Waals surface area contributed by atoms with Crippen molar-refractivity contribution in [1.82, 2.24) is 9.80 Å². The fourth-order valence-corrected chi connectivity index (χ4v) is 3.90. The van der Waals surface area contributed by atoms with Crippen molar-refractivity contribution in [3.63, 3.8) is 0 Å². The molecule has 1 aliphatic rings. The van der Waals surface area contributed by atoms with Gasteiger partial charge in [-0.2, -0.15) is 0 Å². The summed E-state index contributed by atoms with van der Waals surface area (Å²) in [5, 5.41) is 0.842. The third kappa shape index (κ3) is 6.46. The predicted octanol–water partition coefficient (Wildman–Crippen LogP) is 4.32. The molecule has 0 spiro atoms. The molecule has 1 aliphatic heterocycles. The lowest BCUT2D eigenvalue weighted by Crippen LogP contribution is -2.50. The first kappa shape index (κ1) is 22.6. The molecule has 0 aromatic heterocycles. The first-order chi connectivity index (χ1) is 14.5. The standard InChI is InChI=1S/C23H26Cl2N2O3/c24-19-8-9-20(21(25)17-19)23(29)27-13-11-26(12-14-27)22(28)7-4-15-30-16-10-18-5-2-1-3-6-18/h1-3,5-6,8-9,17H,4,7,10-16H2. The summed E-state index contributed by atoms with van der Waals surface area (Å²) in [5.41, 5.74) is 1.69. The summed E-state index contributed by atoms with van der Waals surface area (Å²) < 4.78 is 5.65. The number of carbonyl (C=O) groups is 2. The fraction of sp³-hybridized carbons (Fsp3) is 0.391. The van der Waals surface area contributed by atoms with Gasteiger partial charge in [-0.05, 0) is 36.6 Å². The van der Waals surface area contributed by atoms with E-state index in [0.717, 1.165) is 6.42 Å². The second-order valence-electron chi connectivity index (χ2n) is 7.25. The largest absolute Gasteiger partial charge is 0.381 e. The Balaban J connectivity index is 1.33. The van der Waals surface area contributed by atoms with Crippen molar-refractivity contribution >= 4 is 35.0 Å². The summed E-state index contributed by atoms with van der Waals surface area (Å²) in [5.74, 6) is -0.0196. The highest BCUT2D eigenvalue weighted by Crippen LogP contribution is 2.23. The van der Waals surface area contributed by atoms with Gasteiger partial charge in [-0.3, -0.25) is 9.59 Å². The normalized spacial score (nSPS) is 14.1. The van der Waals surface area contributed by atoms with E-state index in [-0.39, 0.29) is 11.8 Å². The van der Waals surface area contributed by atoms with Crippen LogP contribution in [0, 0.1) is 0 Å². The van der Waals surface area contributed by atoms with Crippen LogP contribution in [-0.4, -0.2) is 61.0 Å². The smallest absolute Gasteiger partial charge is 0.255 e. The Hall–Kier alpha value is -2.08. The molecule has 2 aromatic rings. The number of ether oxygens (including phenoxy) is 1. The fourth-order valence-electron chi connectivity index (χ4n) is 3.41. The van der Waals surface area contributed by atoms with Gasteiger partial charge < -0.3 is 14.5 Å². The van der Waals surface area contributed by atoms with Crippen molar-refractivity contribution in [1.29, 1.82) is 0 Å². The van der Waals surface area contributed by atoms with Crippen LogP contribution in [0.25, 0.3) is 0 Å². The molecule has 1 heterocycles. The van der Waals surface area contributed by atoms with E-state index in [1.807, 2.05) is 23.1 Å². The van der Waals surface area contributed by atoms with Gasteiger partial charge in [0.2, 0.25) is 5.91 Å². The Morgan fingerprint density at radius 2 is 1.60 bits per heavy atom. The topological polar surface area (TPSA) is 49.9 Å². The lowest BCUT2D eigenvalue weighted by Gasteiger charge is -2.35. The second kappa shape index (κ2) is 11.3. The Bertz CT molecular complexity index is 853. The minimum Gasteiger partial charge on any atom is -0.381 e. The molecule has 0 radical (unpaired) electrons. The third-order valence-electron chi connectivity index (χ3n) is 5.14. The molecule has 5 nitrogen and oxygen atoms in total. The molecule has 160 valence electrons. The Morgan fingerprint density at radius 1 is 0.900 bits per heavy atom. The highest BCUT2D eigenvalue weighted by Gasteiger charge is 2.25. The summed E-state index contributed by atoms with van der Waals surface area (Å²) in [6.45, 7) is 3.29. The second-order valence-corrected chi connectivity index (χ2v) is 8.09. The molecular weight excluding hydrogens is 423 g/mol.